The minimum absolute atomic E-state index is 0.0762. The lowest BCUT2D eigenvalue weighted by Gasteiger charge is -2.25. The molecule has 20 heavy (non-hydrogen) atoms. The van der Waals surface area contributed by atoms with Crippen molar-refractivity contribution >= 4 is 10.0 Å². The minimum atomic E-state index is -3.44. The fourth-order valence-corrected chi connectivity index (χ4v) is 4.23. The second-order valence-electron chi connectivity index (χ2n) is 5.49. The Morgan fingerprint density at radius 1 is 1.25 bits per heavy atom. The molecule has 1 aliphatic rings. The first kappa shape index (κ1) is 15.3. The summed E-state index contributed by atoms with van der Waals surface area (Å²) < 4.78 is 27.9. The molecule has 4 heteroatoms. The Kier molecular flexibility index (Phi) is 5.00. The van der Waals surface area contributed by atoms with E-state index in [4.69, 9.17) is 0 Å². The van der Waals surface area contributed by atoms with Gasteiger partial charge in [0.15, 0.2) is 0 Å². The van der Waals surface area contributed by atoms with Crippen LogP contribution in [0.5, 0.6) is 0 Å². The van der Waals surface area contributed by atoms with E-state index in [0.29, 0.717) is 10.8 Å². The summed E-state index contributed by atoms with van der Waals surface area (Å²) in [5.74, 6) is 0.421. The fraction of sp³-hybridized carbons (Fsp3) is 0.500. The van der Waals surface area contributed by atoms with Gasteiger partial charge in [-0.25, -0.2) is 13.1 Å². The Balaban J connectivity index is 2.23. The highest BCUT2D eigenvalue weighted by Crippen LogP contribution is 2.31. The van der Waals surface area contributed by atoms with Gasteiger partial charge in [0.1, 0.15) is 0 Å². The summed E-state index contributed by atoms with van der Waals surface area (Å²) in [4.78, 5) is 0.340. The maximum Gasteiger partial charge on any atom is 0.241 e. The molecule has 0 radical (unpaired) electrons. The van der Waals surface area contributed by atoms with E-state index in [1.54, 1.807) is 24.3 Å². The molecule has 0 spiro atoms. The van der Waals surface area contributed by atoms with Gasteiger partial charge in [0, 0.05) is 6.04 Å². The van der Waals surface area contributed by atoms with E-state index in [0.717, 1.165) is 18.4 Å². The van der Waals surface area contributed by atoms with Crippen LogP contribution in [0.2, 0.25) is 0 Å². The smallest absolute Gasteiger partial charge is 0.207 e. The highest BCUT2D eigenvalue weighted by molar-refractivity contribution is 7.89. The van der Waals surface area contributed by atoms with E-state index >= 15 is 0 Å². The van der Waals surface area contributed by atoms with Crippen LogP contribution in [-0.2, 0) is 10.0 Å². The molecular weight excluding hydrogens is 270 g/mol. The lowest BCUT2D eigenvalue weighted by molar-refractivity contribution is 0.439. The fourth-order valence-electron chi connectivity index (χ4n) is 2.87. The number of benzene rings is 1. The lowest BCUT2D eigenvalue weighted by atomic mass is 9.93. The van der Waals surface area contributed by atoms with Crippen molar-refractivity contribution in [2.75, 3.05) is 0 Å². The van der Waals surface area contributed by atoms with Crippen molar-refractivity contribution in [3.05, 3.63) is 42.0 Å². The van der Waals surface area contributed by atoms with Crippen molar-refractivity contribution < 1.29 is 8.42 Å². The Morgan fingerprint density at radius 2 is 1.85 bits per heavy atom. The van der Waals surface area contributed by atoms with Gasteiger partial charge in [-0.2, -0.15) is 0 Å². The van der Waals surface area contributed by atoms with Crippen molar-refractivity contribution in [1.29, 1.82) is 0 Å². The molecule has 0 saturated heterocycles. The summed E-state index contributed by atoms with van der Waals surface area (Å²) >= 11 is 0. The van der Waals surface area contributed by atoms with Crippen LogP contribution < -0.4 is 4.72 Å². The summed E-state index contributed by atoms with van der Waals surface area (Å²) in [6.07, 6.45) is 6.62. The molecule has 1 aromatic carbocycles. The number of allylic oxidation sites excluding steroid dienone is 1. The molecule has 1 aliphatic carbocycles. The first-order valence-electron chi connectivity index (χ1n) is 7.25. The molecule has 0 unspecified atom stereocenters. The predicted octanol–water partition coefficient (Wildman–Crippen LogP) is 3.49. The summed E-state index contributed by atoms with van der Waals surface area (Å²) in [7, 11) is -3.44. The van der Waals surface area contributed by atoms with Crippen LogP contribution in [-0.4, -0.2) is 14.5 Å². The van der Waals surface area contributed by atoms with Gasteiger partial charge in [-0.3, -0.25) is 0 Å². The third kappa shape index (κ3) is 3.49. The SMILES string of the molecule is C/C=C(\C)[C@H](NS(=O)(=O)c1ccccc1)C1CCCC1. The van der Waals surface area contributed by atoms with Crippen molar-refractivity contribution in [3.8, 4) is 0 Å². The normalized spacial score (nSPS) is 19.2. The largest absolute Gasteiger partial charge is 0.241 e. The molecule has 110 valence electrons. The van der Waals surface area contributed by atoms with Gasteiger partial charge in [0.25, 0.3) is 0 Å². The molecule has 1 atom stereocenters. The van der Waals surface area contributed by atoms with Crippen molar-refractivity contribution in [3.63, 3.8) is 0 Å². The first-order valence-corrected chi connectivity index (χ1v) is 8.73. The van der Waals surface area contributed by atoms with E-state index < -0.39 is 10.0 Å². The van der Waals surface area contributed by atoms with E-state index in [1.165, 1.54) is 12.8 Å². The molecule has 0 aromatic heterocycles. The van der Waals surface area contributed by atoms with Gasteiger partial charge in [-0.1, -0.05) is 42.7 Å². The van der Waals surface area contributed by atoms with Crippen LogP contribution in [0.3, 0.4) is 0 Å². The van der Waals surface area contributed by atoms with Crippen LogP contribution >= 0.6 is 0 Å². The van der Waals surface area contributed by atoms with Gasteiger partial charge >= 0.3 is 0 Å². The molecule has 1 fully saturated rings. The Bertz CT molecular complexity index is 557. The molecule has 0 heterocycles. The van der Waals surface area contributed by atoms with Crippen LogP contribution in [0.15, 0.2) is 46.9 Å². The van der Waals surface area contributed by atoms with Gasteiger partial charge in [-0.05, 0) is 44.7 Å². The average Bonchev–Trinajstić information content (AvgIpc) is 2.99. The van der Waals surface area contributed by atoms with E-state index in [9.17, 15) is 8.42 Å². The van der Waals surface area contributed by atoms with Crippen LogP contribution in [0.4, 0.5) is 0 Å². The van der Waals surface area contributed by atoms with Gasteiger partial charge in [-0.15, -0.1) is 0 Å². The standard InChI is InChI=1S/C16H23NO2S/c1-3-13(2)16(14-9-7-8-10-14)17-20(18,19)15-11-5-4-6-12-15/h3-6,11-12,14,16-17H,7-10H2,1-2H3/b13-3+/t16-/m0/s1. The molecule has 2 rings (SSSR count). The third-order valence-electron chi connectivity index (χ3n) is 4.15. The zero-order valence-corrected chi connectivity index (χ0v) is 13.0. The number of nitrogens with one attached hydrogen (secondary N) is 1. The quantitative estimate of drug-likeness (QED) is 0.845. The maximum atomic E-state index is 12.5. The monoisotopic (exact) mass is 293 g/mol. The number of rotatable bonds is 5. The number of hydrogen-bond donors (Lipinski definition) is 1. The molecule has 0 bridgehead atoms. The second-order valence-corrected chi connectivity index (χ2v) is 7.20. The van der Waals surface area contributed by atoms with Gasteiger partial charge in [0.2, 0.25) is 10.0 Å². The summed E-state index contributed by atoms with van der Waals surface area (Å²) in [5, 5.41) is 0. The summed E-state index contributed by atoms with van der Waals surface area (Å²) in [6, 6.07) is 8.53. The van der Waals surface area contributed by atoms with Gasteiger partial charge < -0.3 is 0 Å². The van der Waals surface area contributed by atoms with Crippen LogP contribution in [0.1, 0.15) is 39.5 Å². The van der Waals surface area contributed by atoms with Crippen molar-refractivity contribution in [2.45, 2.75) is 50.5 Å². The van der Waals surface area contributed by atoms with E-state index in [-0.39, 0.29) is 6.04 Å². The van der Waals surface area contributed by atoms with Crippen molar-refractivity contribution in [2.24, 2.45) is 5.92 Å². The topological polar surface area (TPSA) is 46.2 Å². The molecular formula is C16H23NO2S. The zero-order valence-electron chi connectivity index (χ0n) is 12.2. The average molecular weight is 293 g/mol. The molecule has 0 aliphatic heterocycles. The molecule has 1 N–H and O–H groups in total. The minimum Gasteiger partial charge on any atom is -0.207 e. The summed E-state index contributed by atoms with van der Waals surface area (Å²) in [6.45, 7) is 3.98. The zero-order chi connectivity index (χ0) is 14.6. The van der Waals surface area contributed by atoms with Crippen LogP contribution in [0.25, 0.3) is 0 Å². The Morgan fingerprint density at radius 3 is 2.40 bits per heavy atom. The second kappa shape index (κ2) is 6.55. The van der Waals surface area contributed by atoms with E-state index in [1.807, 2.05) is 26.0 Å². The number of hydrogen-bond acceptors (Lipinski definition) is 2. The molecule has 0 amide bonds. The van der Waals surface area contributed by atoms with Gasteiger partial charge in [0.05, 0.1) is 4.90 Å². The van der Waals surface area contributed by atoms with Crippen LogP contribution in [0, 0.1) is 5.92 Å². The number of sulfonamides is 1. The predicted molar refractivity (Wildman–Crippen MR) is 81.9 cm³/mol. The maximum absolute atomic E-state index is 12.5. The Labute approximate surface area is 122 Å². The highest BCUT2D eigenvalue weighted by atomic mass is 32.2. The van der Waals surface area contributed by atoms with E-state index in [2.05, 4.69) is 4.72 Å². The summed E-state index contributed by atoms with van der Waals surface area (Å²) in [5.41, 5.74) is 1.11. The lowest BCUT2D eigenvalue weighted by Crippen LogP contribution is -2.40. The van der Waals surface area contributed by atoms with Crippen molar-refractivity contribution in [1.82, 2.24) is 4.72 Å². The third-order valence-corrected chi connectivity index (χ3v) is 5.61. The molecule has 1 aromatic rings. The highest BCUT2D eigenvalue weighted by Gasteiger charge is 2.29. The first-order chi connectivity index (χ1) is 9.54. The molecule has 1 saturated carbocycles. The Hall–Kier alpha value is -1.13. The molecule has 3 nitrogen and oxygen atoms in total.